The van der Waals surface area contributed by atoms with Gasteiger partial charge in [-0.1, -0.05) is 6.92 Å². The first-order chi connectivity index (χ1) is 9.10. The highest BCUT2D eigenvalue weighted by Crippen LogP contribution is 2.31. The molecule has 0 bridgehead atoms. The van der Waals surface area contributed by atoms with Crippen LogP contribution in [0.3, 0.4) is 0 Å². The lowest BCUT2D eigenvalue weighted by atomic mass is 10.1. The lowest BCUT2D eigenvalue weighted by molar-refractivity contribution is 0.201. The summed E-state index contributed by atoms with van der Waals surface area (Å²) in [6.07, 6.45) is 3.48. The van der Waals surface area contributed by atoms with Gasteiger partial charge in [-0.25, -0.2) is 0 Å². The van der Waals surface area contributed by atoms with E-state index in [1.165, 1.54) is 0 Å². The Morgan fingerprint density at radius 1 is 1.37 bits per heavy atom. The second-order valence-corrected chi connectivity index (χ2v) is 4.53. The van der Waals surface area contributed by atoms with E-state index < -0.39 is 6.10 Å². The minimum atomic E-state index is -0.780. The lowest BCUT2D eigenvalue weighted by Gasteiger charge is -2.14. The predicted octanol–water partition coefficient (Wildman–Crippen LogP) is 1.43. The normalized spacial score (nSPS) is 12.7. The van der Waals surface area contributed by atoms with Crippen molar-refractivity contribution in [2.75, 3.05) is 7.11 Å². The zero-order valence-electron chi connectivity index (χ0n) is 11.8. The Balaban J connectivity index is 2.45. The Hall–Kier alpha value is -1.82. The van der Waals surface area contributed by atoms with Crippen LogP contribution in [0.2, 0.25) is 0 Å². The van der Waals surface area contributed by atoms with Gasteiger partial charge in [0.2, 0.25) is 0 Å². The van der Waals surface area contributed by atoms with Crippen LogP contribution in [0.4, 0.5) is 0 Å². The minimum absolute atomic E-state index is 0.601. The van der Waals surface area contributed by atoms with Gasteiger partial charge >= 0.3 is 0 Å². The quantitative estimate of drug-likeness (QED) is 0.887. The van der Waals surface area contributed by atoms with E-state index in [0.717, 1.165) is 24.2 Å². The molecule has 1 N–H and O–H groups in total. The molecule has 0 aliphatic heterocycles. The number of aliphatic hydroxyl groups is 1. The van der Waals surface area contributed by atoms with Crippen molar-refractivity contribution in [2.45, 2.75) is 32.9 Å². The molecule has 1 atom stereocenters. The number of hydrogen-bond acceptors (Lipinski definition) is 4. The molecule has 104 valence electrons. The van der Waals surface area contributed by atoms with E-state index in [4.69, 9.17) is 4.74 Å². The molecule has 0 amide bonds. The van der Waals surface area contributed by atoms with Crippen LogP contribution in [0, 0.1) is 6.92 Å². The molecular formula is C13H20N4O2. The molecule has 1 unspecified atom stereocenters. The number of ether oxygens (including phenoxy) is 1. The van der Waals surface area contributed by atoms with Gasteiger partial charge < -0.3 is 9.84 Å². The molecule has 2 aromatic rings. The maximum atomic E-state index is 10.6. The molecule has 2 rings (SSSR count). The highest BCUT2D eigenvalue weighted by atomic mass is 16.5. The van der Waals surface area contributed by atoms with Gasteiger partial charge in [-0.15, -0.1) is 0 Å². The smallest absolute Gasteiger partial charge is 0.163 e. The van der Waals surface area contributed by atoms with Gasteiger partial charge in [0.25, 0.3) is 0 Å². The third kappa shape index (κ3) is 2.35. The van der Waals surface area contributed by atoms with Crippen LogP contribution in [0.15, 0.2) is 12.4 Å². The van der Waals surface area contributed by atoms with Gasteiger partial charge in [-0.2, -0.15) is 10.2 Å². The number of rotatable bonds is 5. The van der Waals surface area contributed by atoms with Crippen LogP contribution < -0.4 is 4.74 Å². The molecule has 6 heteroatoms. The Bertz CT molecular complexity index is 559. The van der Waals surface area contributed by atoms with Crippen LogP contribution in [0.1, 0.15) is 36.4 Å². The minimum Gasteiger partial charge on any atom is -0.493 e. The highest BCUT2D eigenvalue weighted by Gasteiger charge is 2.24. The van der Waals surface area contributed by atoms with E-state index >= 15 is 0 Å². The van der Waals surface area contributed by atoms with E-state index in [-0.39, 0.29) is 0 Å². The summed E-state index contributed by atoms with van der Waals surface area (Å²) in [6, 6.07) is 0. The average Bonchev–Trinajstić information content (AvgIpc) is 2.95. The molecule has 6 nitrogen and oxygen atoms in total. The molecule has 2 aromatic heterocycles. The topological polar surface area (TPSA) is 65.1 Å². The molecule has 0 radical (unpaired) electrons. The first-order valence-electron chi connectivity index (χ1n) is 6.36. The third-order valence-corrected chi connectivity index (χ3v) is 3.33. The second-order valence-electron chi connectivity index (χ2n) is 4.53. The lowest BCUT2D eigenvalue weighted by Crippen LogP contribution is -2.12. The first kappa shape index (κ1) is 13.6. The van der Waals surface area contributed by atoms with Crippen molar-refractivity contribution >= 4 is 0 Å². The Kier molecular flexibility index (Phi) is 3.90. The predicted molar refractivity (Wildman–Crippen MR) is 71.1 cm³/mol. The van der Waals surface area contributed by atoms with E-state index in [2.05, 4.69) is 17.1 Å². The summed E-state index contributed by atoms with van der Waals surface area (Å²) >= 11 is 0. The van der Waals surface area contributed by atoms with E-state index in [9.17, 15) is 5.11 Å². The molecular weight excluding hydrogens is 244 g/mol. The number of nitrogens with zero attached hydrogens (tertiary/aromatic N) is 4. The zero-order chi connectivity index (χ0) is 14.0. The first-order valence-corrected chi connectivity index (χ1v) is 6.36. The van der Waals surface area contributed by atoms with E-state index in [1.54, 1.807) is 28.9 Å². The zero-order valence-corrected chi connectivity index (χ0v) is 11.8. The van der Waals surface area contributed by atoms with Gasteiger partial charge in [-0.05, 0) is 13.3 Å². The van der Waals surface area contributed by atoms with Gasteiger partial charge in [-0.3, -0.25) is 9.36 Å². The fourth-order valence-corrected chi connectivity index (χ4v) is 2.13. The number of aromatic nitrogens is 4. The van der Waals surface area contributed by atoms with Crippen LogP contribution in [0.25, 0.3) is 0 Å². The summed E-state index contributed by atoms with van der Waals surface area (Å²) in [5, 5.41) is 19.0. The van der Waals surface area contributed by atoms with Crippen LogP contribution in [-0.2, 0) is 13.6 Å². The van der Waals surface area contributed by atoms with Crippen molar-refractivity contribution in [1.82, 2.24) is 19.6 Å². The Morgan fingerprint density at radius 3 is 2.63 bits per heavy atom. The summed E-state index contributed by atoms with van der Waals surface area (Å²) in [4.78, 5) is 0. The molecule has 0 saturated heterocycles. The monoisotopic (exact) mass is 264 g/mol. The molecule has 19 heavy (non-hydrogen) atoms. The summed E-state index contributed by atoms with van der Waals surface area (Å²) in [5.74, 6) is 0.601. The standard InChI is InChI=1S/C13H20N4O2/c1-5-6-17-12(11(19-4)8-15-17)13(18)10-7-14-16(3)9(10)2/h7-8,13,18H,5-6H2,1-4H3. The molecule has 0 aliphatic rings. The second kappa shape index (κ2) is 5.44. The van der Waals surface area contributed by atoms with Crippen LogP contribution in [0.5, 0.6) is 5.75 Å². The van der Waals surface area contributed by atoms with Crippen molar-refractivity contribution in [3.05, 3.63) is 29.3 Å². The van der Waals surface area contributed by atoms with Gasteiger partial charge in [0.15, 0.2) is 5.75 Å². The number of hydrogen-bond donors (Lipinski definition) is 1. The van der Waals surface area contributed by atoms with Gasteiger partial charge in [0.1, 0.15) is 11.8 Å². The number of methoxy groups -OCH3 is 1. The molecule has 0 aliphatic carbocycles. The van der Waals surface area contributed by atoms with Crippen molar-refractivity contribution in [2.24, 2.45) is 7.05 Å². The van der Waals surface area contributed by atoms with Crippen LogP contribution in [-0.4, -0.2) is 31.8 Å². The van der Waals surface area contributed by atoms with Crippen molar-refractivity contribution in [3.63, 3.8) is 0 Å². The fraction of sp³-hybridized carbons (Fsp3) is 0.538. The maximum Gasteiger partial charge on any atom is 0.163 e. The third-order valence-electron chi connectivity index (χ3n) is 3.33. The Labute approximate surface area is 112 Å². The summed E-state index contributed by atoms with van der Waals surface area (Å²) in [7, 11) is 3.44. The van der Waals surface area contributed by atoms with Crippen LogP contribution >= 0.6 is 0 Å². The van der Waals surface area contributed by atoms with Gasteiger partial charge in [0.05, 0.1) is 19.5 Å². The average molecular weight is 264 g/mol. The van der Waals surface area contributed by atoms with Crippen molar-refractivity contribution in [1.29, 1.82) is 0 Å². The molecule has 0 spiro atoms. The molecule has 0 fully saturated rings. The maximum absolute atomic E-state index is 10.6. The van der Waals surface area contributed by atoms with E-state index in [1.807, 2.05) is 14.0 Å². The summed E-state index contributed by atoms with van der Waals surface area (Å²) in [6.45, 7) is 4.74. The number of aryl methyl sites for hydroxylation is 2. The van der Waals surface area contributed by atoms with Crippen molar-refractivity contribution < 1.29 is 9.84 Å². The molecule has 0 aromatic carbocycles. The Morgan fingerprint density at radius 2 is 2.11 bits per heavy atom. The highest BCUT2D eigenvalue weighted by molar-refractivity contribution is 5.35. The summed E-state index contributed by atoms with van der Waals surface area (Å²) < 4.78 is 8.82. The van der Waals surface area contributed by atoms with Gasteiger partial charge in [0, 0.05) is 24.8 Å². The summed E-state index contributed by atoms with van der Waals surface area (Å²) in [5.41, 5.74) is 2.39. The molecule has 0 saturated carbocycles. The SMILES string of the molecule is CCCn1ncc(OC)c1C(O)c1cnn(C)c1C. The number of aliphatic hydroxyl groups excluding tert-OH is 1. The largest absolute Gasteiger partial charge is 0.493 e. The molecule has 2 heterocycles. The van der Waals surface area contributed by atoms with Crippen molar-refractivity contribution in [3.8, 4) is 5.75 Å². The fourth-order valence-electron chi connectivity index (χ4n) is 2.13. The van der Waals surface area contributed by atoms with E-state index in [0.29, 0.717) is 11.4 Å².